The first kappa shape index (κ1) is 13.5. The van der Waals surface area contributed by atoms with Crippen LogP contribution in [0.2, 0.25) is 0 Å². The molecule has 0 aromatic rings. The molecule has 3 aliphatic heterocycles. The number of carbonyl (C=O) groups excluding carboxylic acids is 3. The Morgan fingerprint density at radius 2 is 2.25 bits per heavy atom. The second-order valence-electron chi connectivity index (χ2n) is 5.19. The van der Waals surface area contributed by atoms with Gasteiger partial charge in [0, 0.05) is 10.8 Å². The van der Waals surface area contributed by atoms with Gasteiger partial charge in [-0.15, -0.1) is 11.8 Å². The number of rotatable bonds is 4. The lowest BCUT2D eigenvalue weighted by atomic mass is 9.88. The van der Waals surface area contributed by atoms with Crippen LogP contribution in [0.1, 0.15) is 13.3 Å². The Morgan fingerprint density at radius 1 is 1.50 bits per heavy atom. The van der Waals surface area contributed by atoms with E-state index in [1.165, 1.54) is 6.92 Å². The average molecular weight is 298 g/mol. The van der Waals surface area contributed by atoms with Crippen molar-refractivity contribution >= 4 is 29.7 Å². The number of hydrogen-bond acceptors (Lipinski definition) is 7. The summed E-state index contributed by atoms with van der Waals surface area (Å²) in [4.78, 5) is 34.4. The van der Waals surface area contributed by atoms with Gasteiger partial charge in [-0.05, 0) is 13.3 Å². The topological polar surface area (TPSA) is 78.9 Å². The SMILES string of the molecule is C=C(C)C(=O)OCC(=O)OC1C2CC3C(=O)OC1C3S2. The summed E-state index contributed by atoms with van der Waals surface area (Å²) in [6.07, 6.45) is -0.0884. The molecular formula is C13H14O6S. The van der Waals surface area contributed by atoms with E-state index in [2.05, 4.69) is 6.58 Å². The van der Waals surface area contributed by atoms with E-state index in [4.69, 9.17) is 14.2 Å². The Bertz CT molecular complexity index is 501. The van der Waals surface area contributed by atoms with Crippen LogP contribution in [-0.2, 0) is 28.6 Å². The molecule has 0 aliphatic carbocycles. The molecule has 0 radical (unpaired) electrons. The van der Waals surface area contributed by atoms with Gasteiger partial charge in [0.1, 0.15) is 0 Å². The molecule has 5 atom stereocenters. The lowest BCUT2D eigenvalue weighted by Crippen LogP contribution is -2.40. The molecular weight excluding hydrogens is 284 g/mol. The summed E-state index contributed by atoms with van der Waals surface area (Å²) in [5, 5.41) is 0.200. The van der Waals surface area contributed by atoms with Gasteiger partial charge >= 0.3 is 17.9 Å². The number of thioether (sulfide) groups is 1. The standard InChI is InChI=1S/C13H14O6S/c1-5(2)12(15)17-4-8(14)18-9-7-3-6-11(20-7)10(9)19-13(6)16/h6-7,9-11H,1,3-4H2,2H3. The molecule has 3 fully saturated rings. The average Bonchev–Trinajstić information content (AvgIpc) is 3.00. The van der Waals surface area contributed by atoms with Gasteiger partial charge in [-0.25, -0.2) is 9.59 Å². The molecule has 0 saturated carbocycles. The predicted molar refractivity (Wildman–Crippen MR) is 68.8 cm³/mol. The molecule has 6 nitrogen and oxygen atoms in total. The summed E-state index contributed by atoms with van der Waals surface area (Å²) in [5.41, 5.74) is 0.223. The highest BCUT2D eigenvalue weighted by Crippen LogP contribution is 2.55. The summed E-state index contributed by atoms with van der Waals surface area (Å²) >= 11 is 1.65. The Labute approximate surface area is 119 Å². The van der Waals surface area contributed by atoms with E-state index in [1.807, 2.05) is 0 Å². The normalized spacial score (nSPS) is 36.6. The summed E-state index contributed by atoms with van der Waals surface area (Å²) < 4.78 is 15.3. The van der Waals surface area contributed by atoms with Crippen LogP contribution in [0, 0.1) is 5.92 Å². The molecule has 20 heavy (non-hydrogen) atoms. The van der Waals surface area contributed by atoms with Crippen LogP contribution in [-0.4, -0.2) is 47.2 Å². The van der Waals surface area contributed by atoms with Crippen molar-refractivity contribution in [1.82, 2.24) is 0 Å². The third-order valence-electron chi connectivity index (χ3n) is 3.72. The number of ether oxygens (including phenoxy) is 3. The van der Waals surface area contributed by atoms with Crippen LogP contribution >= 0.6 is 11.8 Å². The monoisotopic (exact) mass is 298 g/mol. The van der Waals surface area contributed by atoms with Gasteiger partial charge in [0.15, 0.2) is 18.8 Å². The lowest BCUT2D eigenvalue weighted by Gasteiger charge is -2.23. The van der Waals surface area contributed by atoms with Crippen LogP contribution in [0.3, 0.4) is 0 Å². The highest BCUT2D eigenvalue weighted by molar-refractivity contribution is 8.01. The smallest absolute Gasteiger partial charge is 0.344 e. The van der Waals surface area contributed by atoms with Crippen LogP contribution in [0.25, 0.3) is 0 Å². The van der Waals surface area contributed by atoms with E-state index in [0.29, 0.717) is 6.42 Å². The Hall–Kier alpha value is -1.50. The number of carbonyl (C=O) groups is 3. The molecule has 0 N–H and O–H groups in total. The first-order valence-corrected chi connectivity index (χ1v) is 7.29. The number of esters is 3. The van der Waals surface area contributed by atoms with Gasteiger partial charge in [-0.1, -0.05) is 6.58 Å². The zero-order chi connectivity index (χ0) is 14.4. The van der Waals surface area contributed by atoms with E-state index >= 15 is 0 Å². The second kappa shape index (κ2) is 4.80. The van der Waals surface area contributed by atoms with Crippen molar-refractivity contribution in [2.75, 3.05) is 6.61 Å². The Morgan fingerprint density at radius 3 is 2.95 bits per heavy atom. The van der Waals surface area contributed by atoms with E-state index in [9.17, 15) is 14.4 Å². The number of hydrogen-bond donors (Lipinski definition) is 0. The van der Waals surface area contributed by atoms with Gasteiger partial charge in [0.2, 0.25) is 0 Å². The fraction of sp³-hybridized carbons (Fsp3) is 0.615. The summed E-state index contributed by atoms with van der Waals surface area (Å²) in [7, 11) is 0. The minimum absolute atomic E-state index is 0.0498. The van der Waals surface area contributed by atoms with Crippen LogP contribution in [0.4, 0.5) is 0 Å². The quantitative estimate of drug-likeness (QED) is 0.423. The highest BCUT2D eigenvalue weighted by atomic mass is 32.2. The molecule has 3 rings (SSSR count). The van der Waals surface area contributed by atoms with E-state index < -0.39 is 24.6 Å². The molecule has 2 bridgehead atoms. The van der Waals surface area contributed by atoms with Crippen LogP contribution < -0.4 is 0 Å². The largest absolute Gasteiger partial charge is 0.457 e. The number of fused-ring (bicyclic) bond motifs is 1. The van der Waals surface area contributed by atoms with Crippen molar-refractivity contribution in [3.8, 4) is 0 Å². The zero-order valence-corrected chi connectivity index (χ0v) is 11.7. The van der Waals surface area contributed by atoms with Crippen LogP contribution in [0.5, 0.6) is 0 Å². The molecule has 3 saturated heterocycles. The third kappa shape index (κ3) is 2.09. The fourth-order valence-corrected chi connectivity index (χ4v) is 4.68. The molecule has 5 unspecified atom stereocenters. The Kier molecular flexibility index (Phi) is 3.24. The first-order valence-electron chi connectivity index (χ1n) is 6.35. The minimum atomic E-state index is -0.628. The van der Waals surface area contributed by atoms with Gasteiger partial charge in [-0.2, -0.15) is 0 Å². The molecule has 0 amide bonds. The molecule has 3 heterocycles. The summed E-state index contributed by atoms with van der Waals surface area (Å²) in [5.74, 6) is -1.50. The maximum absolute atomic E-state index is 11.7. The van der Waals surface area contributed by atoms with Crippen LogP contribution in [0.15, 0.2) is 12.2 Å². The van der Waals surface area contributed by atoms with Crippen molar-refractivity contribution < 1.29 is 28.6 Å². The van der Waals surface area contributed by atoms with Gasteiger partial charge in [0.25, 0.3) is 0 Å². The minimum Gasteiger partial charge on any atom is -0.457 e. The third-order valence-corrected chi connectivity index (χ3v) is 5.44. The van der Waals surface area contributed by atoms with Crippen molar-refractivity contribution in [3.05, 3.63) is 12.2 Å². The van der Waals surface area contributed by atoms with Crippen molar-refractivity contribution in [2.24, 2.45) is 5.92 Å². The molecule has 0 spiro atoms. The lowest BCUT2D eigenvalue weighted by molar-refractivity contribution is -0.166. The maximum Gasteiger partial charge on any atom is 0.344 e. The zero-order valence-electron chi connectivity index (χ0n) is 10.9. The van der Waals surface area contributed by atoms with E-state index in [0.717, 1.165) is 0 Å². The van der Waals surface area contributed by atoms with Crippen molar-refractivity contribution in [3.63, 3.8) is 0 Å². The highest BCUT2D eigenvalue weighted by Gasteiger charge is 2.64. The molecule has 0 aromatic heterocycles. The van der Waals surface area contributed by atoms with E-state index in [1.54, 1.807) is 11.8 Å². The van der Waals surface area contributed by atoms with Gasteiger partial charge in [0.05, 0.1) is 11.2 Å². The molecule has 7 heteroatoms. The van der Waals surface area contributed by atoms with E-state index in [-0.39, 0.29) is 34.1 Å². The van der Waals surface area contributed by atoms with Crippen molar-refractivity contribution in [2.45, 2.75) is 36.1 Å². The molecule has 0 aromatic carbocycles. The fourth-order valence-electron chi connectivity index (χ4n) is 2.82. The summed E-state index contributed by atoms with van der Waals surface area (Å²) in [6, 6.07) is 0. The first-order chi connectivity index (χ1) is 9.47. The summed E-state index contributed by atoms with van der Waals surface area (Å²) in [6.45, 7) is 4.47. The maximum atomic E-state index is 11.7. The van der Waals surface area contributed by atoms with Crippen molar-refractivity contribution in [1.29, 1.82) is 0 Å². The predicted octanol–water partition coefficient (Wildman–Crippen LogP) is 0.447. The Balaban J connectivity index is 1.54. The molecule has 108 valence electrons. The van der Waals surface area contributed by atoms with Gasteiger partial charge in [-0.3, -0.25) is 4.79 Å². The second-order valence-corrected chi connectivity index (χ2v) is 6.62. The van der Waals surface area contributed by atoms with Gasteiger partial charge < -0.3 is 14.2 Å². The molecule has 3 aliphatic rings.